The molecule has 0 saturated heterocycles. The van der Waals surface area contributed by atoms with Crippen molar-refractivity contribution in [2.24, 2.45) is 0 Å². The average Bonchev–Trinajstić information content (AvgIpc) is 2.75. The van der Waals surface area contributed by atoms with Gasteiger partial charge in [0, 0.05) is 21.1 Å². The molecule has 0 radical (unpaired) electrons. The number of amides is 4. The maximum atomic E-state index is 14.7. The number of benzene rings is 1. The standard InChI is InChI=1S/C19H22ClF2N3O6S/c1-5-15(17(27)30-7-6-21)31-16(26)11-8-14(13(22)9-12(11)20)25(18(28)23(2)3)19(29)24(4)10-32/h8-10,15H,5-7H2,1-4H3. The van der Waals surface area contributed by atoms with Crippen LogP contribution in [0.3, 0.4) is 0 Å². The molecule has 0 bridgehead atoms. The van der Waals surface area contributed by atoms with Gasteiger partial charge in [-0.1, -0.05) is 30.7 Å². The second kappa shape index (κ2) is 12.2. The van der Waals surface area contributed by atoms with E-state index < -0.39 is 65.5 Å². The van der Waals surface area contributed by atoms with Crippen molar-refractivity contribution in [3.63, 3.8) is 0 Å². The predicted octanol–water partition coefficient (Wildman–Crippen LogP) is 3.42. The molecule has 0 aliphatic carbocycles. The van der Waals surface area contributed by atoms with Gasteiger partial charge in [-0.15, -0.1) is 0 Å². The van der Waals surface area contributed by atoms with Gasteiger partial charge in [0.15, 0.2) is 6.10 Å². The molecule has 0 aliphatic heterocycles. The average molecular weight is 494 g/mol. The van der Waals surface area contributed by atoms with Crippen molar-refractivity contribution in [1.82, 2.24) is 9.80 Å². The third kappa shape index (κ3) is 6.57. The minimum absolute atomic E-state index is 0.00567. The van der Waals surface area contributed by atoms with Gasteiger partial charge >= 0.3 is 24.0 Å². The first-order valence-corrected chi connectivity index (χ1v) is 10.0. The monoisotopic (exact) mass is 493 g/mol. The molecule has 0 saturated carbocycles. The summed E-state index contributed by atoms with van der Waals surface area (Å²) < 4.78 is 36.6. The van der Waals surface area contributed by atoms with Crippen LogP contribution in [-0.2, 0) is 14.3 Å². The summed E-state index contributed by atoms with van der Waals surface area (Å²) in [6.07, 6.45) is -1.37. The summed E-state index contributed by atoms with van der Waals surface area (Å²) in [5.41, 5.74) is -0.0770. The van der Waals surface area contributed by atoms with Crippen molar-refractivity contribution in [3.8, 4) is 0 Å². The highest BCUT2D eigenvalue weighted by molar-refractivity contribution is 7.78. The summed E-state index contributed by atoms with van der Waals surface area (Å²) in [5, 5.41) is -0.392. The Kier molecular flexibility index (Phi) is 10.4. The molecular weight excluding hydrogens is 472 g/mol. The number of carbonyl (C=O) groups excluding carboxylic acids is 4. The van der Waals surface area contributed by atoms with Gasteiger partial charge in [-0.25, -0.2) is 32.9 Å². The van der Waals surface area contributed by atoms with E-state index in [2.05, 4.69) is 17.0 Å². The fourth-order valence-electron chi connectivity index (χ4n) is 2.28. The van der Waals surface area contributed by atoms with E-state index in [1.165, 1.54) is 28.1 Å². The number of halogens is 3. The molecule has 0 aliphatic rings. The number of hydrogen-bond acceptors (Lipinski definition) is 7. The maximum absolute atomic E-state index is 14.7. The van der Waals surface area contributed by atoms with Crippen LogP contribution in [-0.4, -0.2) is 79.8 Å². The lowest BCUT2D eigenvalue weighted by molar-refractivity contribution is -0.154. The van der Waals surface area contributed by atoms with E-state index in [0.29, 0.717) is 4.90 Å². The number of carbonyl (C=O) groups is 4. The molecule has 4 amide bonds. The molecule has 0 spiro atoms. The zero-order valence-corrected chi connectivity index (χ0v) is 19.3. The zero-order valence-electron chi connectivity index (χ0n) is 17.8. The number of nitrogens with zero attached hydrogens (tertiary/aromatic N) is 3. The molecule has 1 aromatic rings. The lowest BCUT2D eigenvalue weighted by Crippen LogP contribution is -2.49. The van der Waals surface area contributed by atoms with Crippen molar-refractivity contribution < 1.29 is 37.4 Å². The third-order valence-corrected chi connectivity index (χ3v) is 4.56. The first kappa shape index (κ1) is 27.2. The topological polar surface area (TPSA) is 96.5 Å². The fraction of sp³-hybridized carbons (Fsp3) is 0.421. The second-order valence-corrected chi connectivity index (χ2v) is 7.07. The van der Waals surface area contributed by atoms with Crippen LogP contribution in [0.25, 0.3) is 0 Å². The molecule has 0 aromatic heterocycles. The lowest BCUT2D eigenvalue weighted by atomic mass is 10.1. The van der Waals surface area contributed by atoms with Crippen LogP contribution in [0.2, 0.25) is 5.02 Å². The molecule has 0 heterocycles. The summed E-state index contributed by atoms with van der Waals surface area (Å²) >= 11 is 10.6. The summed E-state index contributed by atoms with van der Waals surface area (Å²) in [4.78, 5) is 52.1. The Labute approximate surface area is 193 Å². The Morgan fingerprint density at radius 3 is 2.31 bits per heavy atom. The van der Waals surface area contributed by atoms with Gasteiger partial charge in [-0.05, 0) is 18.6 Å². The van der Waals surface area contributed by atoms with Gasteiger partial charge in [0.05, 0.1) is 21.8 Å². The van der Waals surface area contributed by atoms with Crippen LogP contribution >= 0.6 is 23.8 Å². The highest BCUT2D eigenvalue weighted by Gasteiger charge is 2.32. The number of hydrogen-bond donors (Lipinski definition) is 0. The maximum Gasteiger partial charge on any atom is 0.347 e. The van der Waals surface area contributed by atoms with Crippen molar-refractivity contribution in [2.75, 3.05) is 39.3 Å². The van der Waals surface area contributed by atoms with Crippen LogP contribution in [0.1, 0.15) is 23.7 Å². The van der Waals surface area contributed by atoms with Gasteiger partial charge in [-0.2, -0.15) is 0 Å². The number of ether oxygens (including phenoxy) is 2. The molecule has 1 unspecified atom stereocenters. The Hall–Kier alpha value is -2.86. The van der Waals surface area contributed by atoms with Crippen molar-refractivity contribution in [2.45, 2.75) is 19.4 Å². The highest BCUT2D eigenvalue weighted by atomic mass is 35.5. The summed E-state index contributed by atoms with van der Waals surface area (Å²) in [5.74, 6) is -3.20. The van der Waals surface area contributed by atoms with Crippen LogP contribution < -0.4 is 4.90 Å². The number of rotatable bonds is 8. The van der Waals surface area contributed by atoms with E-state index in [-0.39, 0.29) is 6.42 Å². The van der Waals surface area contributed by atoms with Crippen molar-refractivity contribution >= 4 is 59.0 Å². The second-order valence-electron chi connectivity index (χ2n) is 6.45. The Morgan fingerprint density at radius 2 is 1.81 bits per heavy atom. The molecule has 13 heteroatoms. The SMILES string of the molecule is CCC(OC(=O)c1cc(N(C(=O)N(C)C)C(=O)N(C)C=S)c(F)cc1Cl)C(=O)OCCF. The largest absolute Gasteiger partial charge is 0.460 e. The smallest absolute Gasteiger partial charge is 0.347 e. The van der Waals surface area contributed by atoms with E-state index in [1.54, 1.807) is 0 Å². The number of imide groups is 1. The summed E-state index contributed by atoms with van der Waals surface area (Å²) in [7, 11) is 3.92. The number of alkyl halides is 1. The van der Waals surface area contributed by atoms with Crippen LogP contribution in [0, 0.1) is 5.82 Å². The predicted molar refractivity (Wildman–Crippen MR) is 116 cm³/mol. The van der Waals surface area contributed by atoms with E-state index in [4.69, 9.17) is 16.3 Å². The van der Waals surface area contributed by atoms with Crippen LogP contribution in [0.4, 0.5) is 24.1 Å². The van der Waals surface area contributed by atoms with Crippen LogP contribution in [0.5, 0.6) is 0 Å². The first-order valence-electron chi connectivity index (χ1n) is 9.16. The van der Waals surface area contributed by atoms with E-state index in [9.17, 15) is 28.0 Å². The molecule has 1 rings (SSSR count). The molecule has 32 heavy (non-hydrogen) atoms. The van der Waals surface area contributed by atoms with Gasteiger partial charge in [-0.3, -0.25) is 4.90 Å². The quantitative estimate of drug-likeness (QED) is 0.404. The Morgan fingerprint density at radius 1 is 1.19 bits per heavy atom. The summed E-state index contributed by atoms with van der Waals surface area (Å²) in [6.45, 7) is 0.0955. The Balaban J connectivity index is 3.41. The minimum Gasteiger partial charge on any atom is -0.460 e. The normalized spacial score (nSPS) is 11.2. The fourth-order valence-corrected chi connectivity index (χ4v) is 2.60. The van der Waals surface area contributed by atoms with E-state index in [0.717, 1.165) is 27.4 Å². The highest BCUT2D eigenvalue weighted by Crippen LogP contribution is 2.29. The molecule has 0 fully saturated rings. The molecular formula is C19H22ClF2N3O6S. The van der Waals surface area contributed by atoms with E-state index >= 15 is 0 Å². The van der Waals surface area contributed by atoms with Crippen molar-refractivity contribution in [1.29, 1.82) is 0 Å². The van der Waals surface area contributed by atoms with Gasteiger partial charge in [0.2, 0.25) is 0 Å². The van der Waals surface area contributed by atoms with Gasteiger partial charge < -0.3 is 14.4 Å². The molecule has 176 valence electrons. The lowest BCUT2D eigenvalue weighted by Gasteiger charge is -2.27. The molecule has 1 aromatic carbocycles. The Bertz CT molecular complexity index is 902. The zero-order chi connectivity index (χ0) is 24.6. The van der Waals surface area contributed by atoms with Gasteiger partial charge in [0.25, 0.3) is 0 Å². The first-order chi connectivity index (χ1) is 15.0. The van der Waals surface area contributed by atoms with Crippen LogP contribution in [0.15, 0.2) is 12.1 Å². The minimum atomic E-state index is -1.37. The van der Waals surface area contributed by atoms with Crippen molar-refractivity contribution in [3.05, 3.63) is 28.5 Å². The molecule has 9 nitrogen and oxygen atoms in total. The molecule has 1 atom stereocenters. The molecule has 0 N–H and O–H groups in total. The number of anilines is 1. The summed E-state index contributed by atoms with van der Waals surface area (Å²) in [6, 6.07) is -0.368. The number of esters is 2. The van der Waals surface area contributed by atoms with E-state index in [1.807, 2.05) is 0 Å². The number of urea groups is 2. The third-order valence-electron chi connectivity index (χ3n) is 3.93. The van der Waals surface area contributed by atoms with Gasteiger partial charge in [0.1, 0.15) is 19.1 Å². The number of thiocarbonyl (C=S) groups is 1.